The van der Waals surface area contributed by atoms with E-state index in [-0.39, 0.29) is 0 Å². The van der Waals surface area contributed by atoms with Crippen LogP contribution in [0.25, 0.3) is 11.6 Å². The van der Waals surface area contributed by atoms with Crippen molar-refractivity contribution in [2.24, 2.45) is 4.99 Å². The number of aromatic nitrogens is 4. The molecular weight excluding hydrogens is 368 g/mol. The summed E-state index contributed by atoms with van der Waals surface area (Å²) in [5.41, 5.74) is 1.18. The van der Waals surface area contributed by atoms with Crippen molar-refractivity contribution in [1.82, 2.24) is 30.8 Å². The fraction of sp³-hybridized carbons (Fsp3) is 0.400. The van der Waals surface area contributed by atoms with E-state index in [1.807, 2.05) is 18.3 Å². The van der Waals surface area contributed by atoms with Gasteiger partial charge in [-0.3, -0.25) is 10.1 Å². The highest BCUT2D eigenvalue weighted by molar-refractivity contribution is 5.79. The predicted molar refractivity (Wildman–Crippen MR) is 112 cm³/mol. The molecule has 1 aliphatic heterocycles. The number of guanidine groups is 1. The lowest BCUT2D eigenvalue weighted by atomic mass is 10.1. The number of aryl methyl sites for hydroxylation is 1. The summed E-state index contributed by atoms with van der Waals surface area (Å²) in [6.07, 6.45) is 5.59. The van der Waals surface area contributed by atoms with E-state index in [4.69, 9.17) is 4.42 Å². The topological polar surface area (TPSA) is 107 Å². The molecule has 0 spiro atoms. The Kier molecular flexibility index (Phi) is 5.73. The molecule has 0 radical (unpaired) electrons. The van der Waals surface area contributed by atoms with Gasteiger partial charge in [0.05, 0.1) is 12.8 Å². The second-order valence-corrected chi connectivity index (χ2v) is 7.11. The van der Waals surface area contributed by atoms with Crippen molar-refractivity contribution >= 4 is 11.8 Å². The van der Waals surface area contributed by atoms with Gasteiger partial charge in [-0.05, 0) is 43.5 Å². The van der Waals surface area contributed by atoms with E-state index in [0.717, 1.165) is 43.5 Å². The summed E-state index contributed by atoms with van der Waals surface area (Å²) in [6, 6.07) is 8.22. The third-order valence-corrected chi connectivity index (χ3v) is 4.98. The highest BCUT2D eigenvalue weighted by Crippen LogP contribution is 2.18. The van der Waals surface area contributed by atoms with Crippen LogP contribution in [0, 0.1) is 6.92 Å². The van der Waals surface area contributed by atoms with Crippen LogP contribution in [0.3, 0.4) is 0 Å². The maximum atomic E-state index is 5.32. The minimum absolute atomic E-state index is 0.372. The molecule has 3 N–H and O–H groups in total. The van der Waals surface area contributed by atoms with E-state index in [1.54, 1.807) is 13.3 Å². The lowest BCUT2D eigenvalue weighted by molar-refractivity contribution is 0.459. The Bertz CT molecular complexity index is 924. The number of nitrogens with zero attached hydrogens (tertiary/aromatic N) is 5. The van der Waals surface area contributed by atoms with Gasteiger partial charge < -0.3 is 20.0 Å². The van der Waals surface area contributed by atoms with Crippen molar-refractivity contribution < 1.29 is 4.42 Å². The molecule has 29 heavy (non-hydrogen) atoms. The van der Waals surface area contributed by atoms with Gasteiger partial charge in [0.1, 0.15) is 11.6 Å². The fourth-order valence-electron chi connectivity index (χ4n) is 3.35. The Morgan fingerprint density at radius 3 is 2.86 bits per heavy atom. The van der Waals surface area contributed by atoms with Gasteiger partial charge in [-0.15, -0.1) is 5.10 Å². The number of hydrogen-bond acceptors (Lipinski definition) is 6. The maximum Gasteiger partial charge on any atom is 0.216 e. The molecule has 4 heterocycles. The third-order valence-electron chi connectivity index (χ3n) is 4.98. The number of pyridine rings is 1. The summed E-state index contributed by atoms with van der Waals surface area (Å²) < 4.78 is 5.32. The predicted octanol–water partition coefficient (Wildman–Crippen LogP) is 2.10. The average molecular weight is 394 g/mol. The second-order valence-electron chi connectivity index (χ2n) is 7.11. The molecule has 9 nitrogen and oxygen atoms in total. The van der Waals surface area contributed by atoms with Gasteiger partial charge in [0.25, 0.3) is 0 Å². The minimum atomic E-state index is 0.372. The molecule has 0 amide bonds. The van der Waals surface area contributed by atoms with Gasteiger partial charge in [0.15, 0.2) is 11.7 Å². The van der Waals surface area contributed by atoms with Gasteiger partial charge in [-0.25, -0.2) is 9.97 Å². The van der Waals surface area contributed by atoms with E-state index >= 15 is 0 Å². The molecule has 0 bridgehead atoms. The molecule has 3 aromatic heterocycles. The van der Waals surface area contributed by atoms with Gasteiger partial charge in [0, 0.05) is 32.4 Å². The Morgan fingerprint density at radius 1 is 1.31 bits per heavy atom. The maximum absolute atomic E-state index is 5.32. The number of nitrogens with one attached hydrogen (secondary N) is 3. The summed E-state index contributed by atoms with van der Waals surface area (Å²) in [7, 11) is 1.77. The molecule has 1 saturated heterocycles. The van der Waals surface area contributed by atoms with Crippen LogP contribution in [-0.4, -0.2) is 52.3 Å². The van der Waals surface area contributed by atoms with E-state index in [0.29, 0.717) is 24.2 Å². The molecular formula is C20H26N8O. The number of anilines is 1. The molecule has 4 rings (SSSR count). The second kappa shape index (κ2) is 8.76. The molecule has 0 saturated carbocycles. The third kappa shape index (κ3) is 4.74. The molecule has 1 fully saturated rings. The number of H-pyrrole nitrogens is 1. The van der Waals surface area contributed by atoms with E-state index in [2.05, 4.69) is 59.7 Å². The molecule has 0 aliphatic carbocycles. The lowest BCUT2D eigenvalue weighted by Gasteiger charge is -2.33. The van der Waals surface area contributed by atoms with Crippen LogP contribution in [0.5, 0.6) is 0 Å². The SMILES string of the molecule is CN=C(NCc1nc(-c2ccco2)n[nH]1)NC1CCN(c2ccc(C)cn2)CC1. The number of furan rings is 1. The Hall–Kier alpha value is -3.36. The van der Waals surface area contributed by atoms with Gasteiger partial charge in [0.2, 0.25) is 5.82 Å². The average Bonchev–Trinajstić information content (AvgIpc) is 3.44. The number of piperidine rings is 1. The highest BCUT2D eigenvalue weighted by Gasteiger charge is 2.21. The summed E-state index contributed by atoms with van der Waals surface area (Å²) in [5, 5.41) is 13.9. The van der Waals surface area contributed by atoms with Gasteiger partial charge >= 0.3 is 0 Å². The zero-order valence-corrected chi connectivity index (χ0v) is 16.7. The first-order valence-corrected chi connectivity index (χ1v) is 9.81. The zero-order chi connectivity index (χ0) is 20.1. The fourth-order valence-corrected chi connectivity index (χ4v) is 3.35. The van der Waals surface area contributed by atoms with E-state index < -0.39 is 0 Å². The first-order valence-electron chi connectivity index (χ1n) is 9.81. The number of aromatic amines is 1. The molecule has 3 aromatic rings. The van der Waals surface area contributed by atoms with Crippen LogP contribution in [0.2, 0.25) is 0 Å². The summed E-state index contributed by atoms with van der Waals surface area (Å²) >= 11 is 0. The monoisotopic (exact) mass is 394 g/mol. The number of hydrogen-bond donors (Lipinski definition) is 3. The van der Waals surface area contributed by atoms with Crippen molar-refractivity contribution in [1.29, 1.82) is 0 Å². The standard InChI is InChI=1S/C20H26N8O/c1-14-5-6-18(22-12-14)28-9-7-15(8-10-28)24-20(21-2)23-13-17-25-19(27-26-17)16-4-3-11-29-16/h3-6,11-12,15H,7-10,13H2,1-2H3,(H2,21,23,24)(H,25,26,27). The van der Waals surface area contributed by atoms with Crippen molar-refractivity contribution in [3.05, 3.63) is 48.1 Å². The Morgan fingerprint density at radius 2 is 2.17 bits per heavy atom. The molecule has 0 unspecified atom stereocenters. The molecule has 9 heteroatoms. The van der Waals surface area contributed by atoms with Crippen LogP contribution in [0.4, 0.5) is 5.82 Å². The lowest BCUT2D eigenvalue weighted by Crippen LogP contribution is -2.48. The first kappa shape index (κ1) is 19.0. The number of rotatable bonds is 5. The molecule has 152 valence electrons. The number of aliphatic imine (C=N–C) groups is 1. The molecule has 0 atom stereocenters. The van der Waals surface area contributed by atoms with Crippen LogP contribution >= 0.6 is 0 Å². The minimum Gasteiger partial charge on any atom is -0.461 e. The summed E-state index contributed by atoms with van der Waals surface area (Å²) in [6.45, 7) is 4.50. The van der Waals surface area contributed by atoms with Crippen molar-refractivity contribution in [3.8, 4) is 11.6 Å². The van der Waals surface area contributed by atoms with E-state index in [9.17, 15) is 0 Å². The van der Waals surface area contributed by atoms with Crippen LogP contribution in [-0.2, 0) is 6.54 Å². The Labute approximate surface area is 169 Å². The van der Waals surface area contributed by atoms with Crippen LogP contribution < -0.4 is 15.5 Å². The van der Waals surface area contributed by atoms with E-state index in [1.165, 1.54) is 5.56 Å². The molecule has 0 aromatic carbocycles. The smallest absolute Gasteiger partial charge is 0.216 e. The molecule has 1 aliphatic rings. The summed E-state index contributed by atoms with van der Waals surface area (Å²) in [5.74, 6) is 3.72. The van der Waals surface area contributed by atoms with Gasteiger partial charge in [-0.2, -0.15) is 0 Å². The zero-order valence-electron chi connectivity index (χ0n) is 16.7. The van der Waals surface area contributed by atoms with Gasteiger partial charge in [-0.1, -0.05) is 6.07 Å². The largest absolute Gasteiger partial charge is 0.461 e. The first-order chi connectivity index (χ1) is 14.2. The normalized spacial score (nSPS) is 15.5. The van der Waals surface area contributed by atoms with Crippen LogP contribution in [0.15, 0.2) is 46.1 Å². The summed E-state index contributed by atoms with van der Waals surface area (Å²) in [4.78, 5) is 15.6. The highest BCUT2D eigenvalue weighted by atomic mass is 16.3. The van der Waals surface area contributed by atoms with Crippen LogP contribution in [0.1, 0.15) is 24.2 Å². The quantitative estimate of drug-likeness (QED) is 0.449. The van der Waals surface area contributed by atoms with Crippen molar-refractivity contribution in [2.45, 2.75) is 32.4 Å². The van der Waals surface area contributed by atoms with Crippen molar-refractivity contribution in [2.75, 3.05) is 25.0 Å². The Balaban J connectivity index is 1.25. The van der Waals surface area contributed by atoms with Crippen molar-refractivity contribution in [3.63, 3.8) is 0 Å².